The number of oxime groups is 1. The Morgan fingerprint density at radius 2 is 2.22 bits per heavy atom. The van der Waals surface area contributed by atoms with Crippen LogP contribution in [0, 0.1) is 5.82 Å². The number of rotatable bonds is 2. The number of methoxy groups -OCH3 is 1. The minimum atomic E-state index is -1.67. The van der Waals surface area contributed by atoms with Gasteiger partial charge < -0.3 is 14.7 Å². The molecule has 1 aromatic carbocycles. The lowest BCUT2D eigenvalue weighted by Crippen LogP contribution is -2.37. The summed E-state index contributed by atoms with van der Waals surface area (Å²) in [5, 5.41) is 12.5. The van der Waals surface area contributed by atoms with Crippen molar-refractivity contribution in [3.63, 3.8) is 0 Å². The highest BCUT2D eigenvalue weighted by Gasteiger charge is 2.44. The summed E-state index contributed by atoms with van der Waals surface area (Å²) in [4.78, 5) is 4.75. The molecule has 2 rings (SSSR count). The Balaban J connectivity index is 2.47. The Hall–Kier alpha value is -1.04. The Bertz CT molecular complexity index is 519. The summed E-state index contributed by atoms with van der Waals surface area (Å²) in [6.07, 6.45) is 0. The van der Waals surface area contributed by atoms with Gasteiger partial charge in [-0.1, -0.05) is 16.8 Å². The highest BCUT2D eigenvalue weighted by Crippen LogP contribution is 2.33. The molecule has 1 heterocycles. The van der Waals surface area contributed by atoms with Crippen molar-refractivity contribution < 1.29 is 19.1 Å². The van der Waals surface area contributed by atoms with Crippen LogP contribution >= 0.6 is 23.2 Å². The average molecular weight is 294 g/mol. The highest BCUT2D eigenvalue weighted by molar-refractivity contribution is 6.36. The van der Waals surface area contributed by atoms with Gasteiger partial charge in [-0.3, -0.25) is 0 Å². The molecular formula is C11H10Cl2FNO3. The van der Waals surface area contributed by atoms with Gasteiger partial charge in [-0.25, -0.2) is 4.39 Å². The van der Waals surface area contributed by atoms with E-state index in [0.29, 0.717) is 0 Å². The Labute approximate surface area is 113 Å². The number of benzene rings is 1. The van der Waals surface area contributed by atoms with E-state index in [1.807, 2.05) is 0 Å². The van der Waals surface area contributed by atoms with E-state index in [1.54, 1.807) is 0 Å². The highest BCUT2D eigenvalue weighted by atomic mass is 35.5. The van der Waals surface area contributed by atoms with Crippen molar-refractivity contribution in [2.24, 2.45) is 5.16 Å². The van der Waals surface area contributed by atoms with Gasteiger partial charge in [0, 0.05) is 12.5 Å². The lowest BCUT2D eigenvalue weighted by molar-refractivity contribution is -0.167. The molecule has 0 spiro atoms. The number of nitrogens with zero attached hydrogens (tertiary/aromatic N) is 1. The fourth-order valence-corrected chi connectivity index (χ4v) is 1.98. The molecule has 4 nitrogen and oxygen atoms in total. The summed E-state index contributed by atoms with van der Waals surface area (Å²) < 4.78 is 18.8. The quantitative estimate of drug-likeness (QED) is 0.853. The molecular weight excluding hydrogens is 284 g/mol. The van der Waals surface area contributed by atoms with E-state index in [-0.39, 0.29) is 22.0 Å². The van der Waals surface area contributed by atoms with Gasteiger partial charge in [0.05, 0.1) is 12.1 Å². The number of aliphatic hydroxyl groups is 1. The summed E-state index contributed by atoms with van der Waals surface area (Å²) in [7, 11) is 1.41. The zero-order valence-electron chi connectivity index (χ0n) is 9.58. The van der Waals surface area contributed by atoms with Crippen LogP contribution in [0.4, 0.5) is 4.39 Å². The van der Waals surface area contributed by atoms with E-state index in [0.717, 1.165) is 6.07 Å². The van der Waals surface area contributed by atoms with Crippen LogP contribution in [0.2, 0.25) is 5.02 Å². The third-order valence-electron chi connectivity index (χ3n) is 2.56. The second-order valence-electron chi connectivity index (χ2n) is 3.95. The molecule has 1 N–H and O–H groups in total. The molecule has 0 amide bonds. The molecule has 0 bridgehead atoms. The first-order valence-electron chi connectivity index (χ1n) is 5.02. The maximum atomic E-state index is 13.8. The van der Waals surface area contributed by atoms with Gasteiger partial charge in [0.25, 0.3) is 5.79 Å². The first-order valence-corrected chi connectivity index (χ1v) is 5.84. The van der Waals surface area contributed by atoms with Crippen LogP contribution < -0.4 is 4.74 Å². The largest absolute Gasteiger partial charge is 0.495 e. The molecule has 0 saturated carbocycles. The number of hydrogen-bond donors (Lipinski definition) is 1. The van der Waals surface area contributed by atoms with Gasteiger partial charge in [0.1, 0.15) is 22.7 Å². The van der Waals surface area contributed by atoms with E-state index < -0.39 is 17.0 Å². The molecule has 18 heavy (non-hydrogen) atoms. The minimum Gasteiger partial charge on any atom is -0.495 e. The molecule has 98 valence electrons. The molecule has 7 heteroatoms. The number of hydrogen-bond acceptors (Lipinski definition) is 4. The molecule has 1 aliphatic rings. The van der Waals surface area contributed by atoms with Crippen LogP contribution in [0.25, 0.3) is 0 Å². The molecule has 1 aromatic rings. The zero-order valence-corrected chi connectivity index (χ0v) is 11.1. The first kappa shape index (κ1) is 13.4. The van der Waals surface area contributed by atoms with Gasteiger partial charge in [-0.05, 0) is 12.1 Å². The molecule has 0 saturated heterocycles. The normalized spacial score (nSPS) is 26.8. The number of alkyl halides is 1. The Morgan fingerprint density at radius 3 is 2.72 bits per heavy atom. The van der Waals surface area contributed by atoms with Crippen molar-refractivity contribution in [1.82, 2.24) is 0 Å². The molecule has 1 aliphatic heterocycles. The molecule has 2 atom stereocenters. The van der Waals surface area contributed by atoms with Crippen LogP contribution in [-0.2, 0) is 4.84 Å². The number of halogens is 3. The maximum Gasteiger partial charge on any atom is 0.254 e. The van der Waals surface area contributed by atoms with Crippen LogP contribution in [0.15, 0.2) is 17.3 Å². The Kier molecular flexibility index (Phi) is 3.40. The van der Waals surface area contributed by atoms with Crippen LogP contribution in [0.5, 0.6) is 5.75 Å². The minimum absolute atomic E-state index is 0.0778. The summed E-state index contributed by atoms with van der Waals surface area (Å²) in [5.74, 6) is -2.01. The predicted octanol–water partition coefficient (Wildman–Crippen LogP) is 2.54. The van der Waals surface area contributed by atoms with Crippen LogP contribution in [0.3, 0.4) is 0 Å². The van der Waals surface area contributed by atoms with Crippen LogP contribution in [-0.4, -0.2) is 29.1 Å². The van der Waals surface area contributed by atoms with Crippen LogP contribution in [0.1, 0.15) is 12.5 Å². The summed E-state index contributed by atoms with van der Waals surface area (Å²) in [6.45, 7) is 1.34. The van der Waals surface area contributed by atoms with E-state index in [2.05, 4.69) is 5.16 Å². The Morgan fingerprint density at radius 1 is 1.56 bits per heavy atom. The molecule has 0 aliphatic carbocycles. The summed E-state index contributed by atoms with van der Waals surface area (Å²) in [5.41, 5.74) is 0.170. The second kappa shape index (κ2) is 4.57. The van der Waals surface area contributed by atoms with Gasteiger partial charge in [0.2, 0.25) is 0 Å². The predicted molar refractivity (Wildman–Crippen MR) is 65.8 cm³/mol. The van der Waals surface area contributed by atoms with Gasteiger partial charge in [-0.2, -0.15) is 0 Å². The summed E-state index contributed by atoms with van der Waals surface area (Å²) >= 11 is 11.7. The molecule has 0 radical (unpaired) electrons. The number of ether oxygens (including phenoxy) is 1. The van der Waals surface area contributed by atoms with Crippen molar-refractivity contribution in [1.29, 1.82) is 0 Å². The van der Waals surface area contributed by atoms with Gasteiger partial charge in [-0.15, -0.1) is 11.6 Å². The monoisotopic (exact) mass is 293 g/mol. The molecule has 2 unspecified atom stereocenters. The fraction of sp³-hybridized carbons (Fsp3) is 0.364. The zero-order chi connectivity index (χ0) is 13.5. The smallest absolute Gasteiger partial charge is 0.254 e. The SMILES string of the molecule is COc1cc(C2=NOC(C)(O)C2Cl)c(F)cc1Cl. The average Bonchev–Trinajstić information content (AvgIpc) is 2.56. The van der Waals surface area contributed by atoms with Gasteiger partial charge in [0.15, 0.2) is 0 Å². The van der Waals surface area contributed by atoms with Crippen molar-refractivity contribution >= 4 is 28.9 Å². The van der Waals surface area contributed by atoms with Crippen molar-refractivity contribution in [3.8, 4) is 5.75 Å². The van der Waals surface area contributed by atoms with Crippen molar-refractivity contribution in [2.45, 2.75) is 18.1 Å². The summed E-state index contributed by atoms with van der Waals surface area (Å²) in [6, 6.07) is 2.45. The lowest BCUT2D eigenvalue weighted by Gasteiger charge is -2.18. The van der Waals surface area contributed by atoms with E-state index in [9.17, 15) is 9.50 Å². The third kappa shape index (κ3) is 2.13. The van der Waals surface area contributed by atoms with Gasteiger partial charge >= 0.3 is 0 Å². The third-order valence-corrected chi connectivity index (χ3v) is 3.46. The second-order valence-corrected chi connectivity index (χ2v) is 4.80. The van der Waals surface area contributed by atoms with E-state index in [1.165, 1.54) is 20.1 Å². The standard InChI is InChI=1S/C11H10Cl2FNO3/c1-11(16)10(13)9(15-18-11)5-3-8(17-2)6(12)4-7(5)14/h3-4,10,16H,1-2H3. The van der Waals surface area contributed by atoms with E-state index in [4.69, 9.17) is 32.8 Å². The molecule has 0 aromatic heterocycles. The van der Waals surface area contributed by atoms with Crippen molar-refractivity contribution in [3.05, 3.63) is 28.5 Å². The molecule has 0 fully saturated rings. The lowest BCUT2D eigenvalue weighted by atomic mass is 10.0. The first-order chi connectivity index (χ1) is 8.36. The topological polar surface area (TPSA) is 51.0 Å². The fourth-order valence-electron chi connectivity index (χ4n) is 1.56. The maximum absolute atomic E-state index is 13.8. The van der Waals surface area contributed by atoms with Crippen molar-refractivity contribution in [2.75, 3.05) is 7.11 Å². The van der Waals surface area contributed by atoms with E-state index >= 15 is 0 Å².